The van der Waals surface area contributed by atoms with Gasteiger partial charge in [0.05, 0.1) is 0 Å². The maximum absolute atomic E-state index is 6.52. The predicted octanol–water partition coefficient (Wildman–Crippen LogP) is 11.1. The Labute approximate surface area is 319 Å². The van der Waals surface area contributed by atoms with Crippen LogP contribution in [0, 0.1) is 0 Å². The van der Waals surface area contributed by atoms with Gasteiger partial charge >= 0.3 is 268 Å². The van der Waals surface area contributed by atoms with Crippen LogP contribution >= 0.6 is 0 Å². The van der Waals surface area contributed by atoms with Gasteiger partial charge in [-0.3, -0.25) is 0 Å². The van der Waals surface area contributed by atoms with Crippen molar-refractivity contribution in [3.63, 3.8) is 0 Å². The minimum atomic E-state index is 0.585. The SMILES string of the molecule is [Se]c1cccc(-c2nc(-c3ccccc3)nc(-c3ccc4ccc5ccc6nc(-c7ccccc7)oc6c5c4c3)n2)c1-c1cccc(-c2ccccc2)c1. The van der Waals surface area contributed by atoms with Crippen molar-refractivity contribution in [2.75, 3.05) is 0 Å². The number of oxazole rings is 1. The van der Waals surface area contributed by atoms with Gasteiger partial charge in [-0.1, -0.05) is 18.2 Å². The summed E-state index contributed by atoms with van der Waals surface area (Å²) in [4.78, 5) is 20.3. The van der Waals surface area contributed by atoms with Crippen LogP contribution in [0.15, 0.2) is 180 Å². The topological polar surface area (TPSA) is 64.7 Å². The summed E-state index contributed by atoms with van der Waals surface area (Å²) in [6, 6.07) is 60.2. The Morgan fingerprint density at radius 1 is 0.407 bits per heavy atom. The van der Waals surface area contributed by atoms with Crippen LogP contribution < -0.4 is 4.46 Å². The summed E-state index contributed by atoms with van der Waals surface area (Å²) >= 11 is 3.31. The van der Waals surface area contributed by atoms with Gasteiger partial charge in [0, 0.05) is 5.56 Å². The molecule has 0 saturated heterocycles. The summed E-state index contributed by atoms with van der Waals surface area (Å²) in [5.41, 5.74) is 9.64. The zero-order valence-corrected chi connectivity index (χ0v) is 30.6. The number of fused-ring (bicyclic) bond motifs is 5. The number of hydrogen-bond acceptors (Lipinski definition) is 5. The fraction of sp³-hybridized carbons (Fsp3) is 0. The summed E-state index contributed by atoms with van der Waals surface area (Å²) in [5.74, 6) is 2.38. The van der Waals surface area contributed by atoms with E-state index in [0.717, 1.165) is 81.6 Å². The van der Waals surface area contributed by atoms with Crippen LogP contribution in [0.4, 0.5) is 0 Å². The van der Waals surface area contributed by atoms with Crippen molar-refractivity contribution in [2.45, 2.75) is 0 Å². The van der Waals surface area contributed by atoms with Gasteiger partial charge in [0.25, 0.3) is 0 Å². The Balaban J connectivity index is 1.17. The maximum atomic E-state index is 6.52. The van der Waals surface area contributed by atoms with Crippen LogP contribution in [0.1, 0.15) is 0 Å². The molecule has 5 nitrogen and oxygen atoms in total. The van der Waals surface area contributed by atoms with Crippen LogP contribution in [-0.4, -0.2) is 35.9 Å². The number of rotatable bonds is 6. The van der Waals surface area contributed by atoms with Gasteiger partial charge in [0.2, 0.25) is 5.89 Å². The van der Waals surface area contributed by atoms with Crippen molar-refractivity contribution in [1.82, 2.24) is 19.9 Å². The molecule has 253 valence electrons. The van der Waals surface area contributed by atoms with E-state index in [1.807, 2.05) is 78.9 Å². The fourth-order valence-electron chi connectivity index (χ4n) is 7.21. The van der Waals surface area contributed by atoms with Gasteiger partial charge in [-0.05, 0) is 18.2 Å². The van der Waals surface area contributed by atoms with Crippen molar-refractivity contribution in [2.24, 2.45) is 0 Å². The van der Waals surface area contributed by atoms with Crippen molar-refractivity contribution >= 4 is 53.1 Å². The van der Waals surface area contributed by atoms with E-state index in [1.54, 1.807) is 0 Å². The Bertz CT molecular complexity index is 3000. The molecule has 0 aliphatic carbocycles. The molecule has 0 amide bonds. The van der Waals surface area contributed by atoms with Gasteiger partial charge in [0.1, 0.15) is 0 Å². The standard InChI is InChI=1S/C48H29N4OSe/c54-41-21-11-20-38(42(41)36-19-10-18-35(28-36)30-12-4-1-5-13-30)47-51-45(33-14-6-2-7-15-33)50-46(52-47)37-25-23-31-22-24-32-26-27-40-44(43(32)39(31)29-37)53-48(49-40)34-16-8-3-9-17-34/h1-29H. The molecule has 0 N–H and O–H groups in total. The molecule has 2 aromatic heterocycles. The molecule has 1 radical (unpaired) electrons. The first-order valence-corrected chi connectivity index (χ1v) is 18.6. The van der Waals surface area contributed by atoms with Crippen LogP contribution in [0.25, 0.3) is 101 Å². The van der Waals surface area contributed by atoms with E-state index in [1.165, 1.54) is 0 Å². The van der Waals surface area contributed by atoms with Crippen LogP contribution in [-0.2, 0) is 0 Å². The number of hydrogen-bond donors (Lipinski definition) is 0. The van der Waals surface area contributed by atoms with Crippen molar-refractivity contribution in [1.29, 1.82) is 0 Å². The molecule has 0 saturated carbocycles. The average Bonchev–Trinajstić information content (AvgIpc) is 3.69. The van der Waals surface area contributed by atoms with E-state index >= 15 is 0 Å². The molecule has 0 unspecified atom stereocenters. The molecule has 10 aromatic rings. The molecule has 10 rings (SSSR count). The predicted molar refractivity (Wildman–Crippen MR) is 220 cm³/mol. The summed E-state index contributed by atoms with van der Waals surface area (Å²) in [6.45, 7) is 0. The van der Waals surface area contributed by atoms with E-state index in [-0.39, 0.29) is 0 Å². The molecule has 2 heterocycles. The van der Waals surface area contributed by atoms with Crippen LogP contribution in [0.5, 0.6) is 0 Å². The first-order chi connectivity index (χ1) is 26.7. The van der Waals surface area contributed by atoms with E-state index < -0.39 is 0 Å². The van der Waals surface area contributed by atoms with Crippen LogP contribution in [0.3, 0.4) is 0 Å². The van der Waals surface area contributed by atoms with Crippen molar-refractivity contribution in [3.8, 4) is 67.9 Å². The number of benzene rings is 8. The molecule has 54 heavy (non-hydrogen) atoms. The first-order valence-electron chi connectivity index (χ1n) is 17.8. The van der Waals surface area contributed by atoms with E-state index in [4.69, 9.17) is 24.4 Å². The molecule has 0 fully saturated rings. The molecule has 0 atom stereocenters. The van der Waals surface area contributed by atoms with Crippen LogP contribution in [0.2, 0.25) is 0 Å². The van der Waals surface area contributed by atoms with Gasteiger partial charge in [-0.2, -0.15) is 0 Å². The third kappa shape index (κ3) is 5.75. The molecule has 0 bridgehead atoms. The monoisotopic (exact) mass is 757 g/mol. The molecule has 0 aliphatic heterocycles. The van der Waals surface area contributed by atoms with E-state index in [2.05, 4.69) is 113 Å². The third-order valence-corrected chi connectivity index (χ3v) is 10.5. The van der Waals surface area contributed by atoms with Crippen molar-refractivity contribution < 1.29 is 4.42 Å². The molecule has 6 heteroatoms. The minimum absolute atomic E-state index is 0.585. The number of nitrogens with zero attached hydrogens (tertiary/aromatic N) is 4. The second-order valence-corrected chi connectivity index (χ2v) is 14.1. The summed E-state index contributed by atoms with van der Waals surface area (Å²) in [6.07, 6.45) is 0. The number of aromatic nitrogens is 4. The normalized spacial score (nSPS) is 11.4. The zero-order valence-electron chi connectivity index (χ0n) is 28.8. The molecule has 8 aromatic carbocycles. The van der Waals surface area contributed by atoms with Gasteiger partial charge in [-0.15, -0.1) is 0 Å². The fourth-order valence-corrected chi connectivity index (χ4v) is 7.85. The quantitative estimate of drug-likeness (QED) is 0.125. The first kappa shape index (κ1) is 32.0. The Morgan fingerprint density at radius 2 is 1.00 bits per heavy atom. The Morgan fingerprint density at radius 3 is 1.78 bits per heavy atom. The zero-order chi connectivity index (χ0) is 36.0. The molecular weight excluding hydrogens is 728 g/mol. The molecule has 0 spiro atoms. The summed E-state index contributed by atoms with van der Waals surface area (Å²) in [5, 5.41) is 4.21. The van der Waals surface area contributed by atoms with Gasteiger partial charge < -0.3 is 0 Å². The third-order valence-electron chi connectivity index (χ3n) is 9.83. The summed E-state index contributed by atoms with van der Waals surface area (Å²) in [7, 11) is 0. The Kier molecular flexibility index (Phi) is 7.91. The average molecular weight is 757 g/mol. The Hall–Kier alpha value is -6.72. The second kappa shape index (κ2) is 13.4. The molecular formula is C48H29N4OSe. The van der Waals surface area contributed by atoms with Gasteiger partial charge in [0.15, 0.2) is 0 Å². The van der Waals surface area contributed by atoms with E-state index in [0.29, 0.717) is 23.4 Å². The van der Waals surface area contributed by atoms with Gasteiger partial charge in [-0.25, -0.2) is 4.98 Å². The molecule has 0 aliphatic rings. The summed E-state index contributed by atoms with van der Waals surface area (Å²) < 4.78 is 7.54. The van der Waals surface area contributed by atoms with E-state index in [9.17, 15) is 0 Å². The second-order valence-electron chi connectivity index (χ2n) is 13.2. The van der Waals surface area contributed by atoms with Crippen molar-refractivity contribution in [3.05, 3.63) is 176 Å².